The molecule has 1 saturated heterocycles. The van der Waals surface area contributed by atoms with Crippen molar-refractivity contribution in [2.24, 2.45) is 0 Å². The monoisotopic (exact) mass is 374 g/mol. The average molecular weight is 375 g/mol. The van der Waals surface area contributed by atoms with E-state index in [1.807, 2.05) is 24.3 Å². The maximum Gasteiger partial charge on any atom is 0.235 e. The van der Waals surface area contributed by atoms with Gasteiger partial charge in [0.2, 0.25) is 10.0 Å². The lowest BCUT2D eigenvalue weighted by Crippen LogP contribution is -2.25. The summed E-state index contributed by atoms with van der Waals surface area (Å²) in [6, 6.07) is 11.2. The minimum atomic E-state index is -3.37. The van der Waals surface area contributed by atoms with Crippen LogP contribution in [0.25, 0.3) is 11.3 Å². The van der Waals surface area contributed by atoms with E-state index in [0.717, 1.165) is 30.2 Å². The first kappa shape index (κ1) is 18.6. The van der Waals surface area contributed by atoms with Gasteiger partial charge in [-0.25, -0.2) is 8.42 Å². The molecular weight excluding hydrogens is 348 g/mol. The summed E-state index contributed by atoms with van der Waals surface area (Å²) in [4.78, 5) is 2.29. The van der Waals surface area contributed by atoms with Crippen LogP contribution < -0.4 is 9.62 Å². The number of benzene rings is 1. The molecule has 7 heteroatoms. The zero-order valence-corrected chi connectivity index (χ0v) is 16.2. The van der Waals surface area contributed by atoms with Gasteiger partial charge < -0.3 is 4.90 Å². The standard InChI is InChI=1S/C19H26N4O2S/c1-15(2)26(24,25)22-17-9-7-8-16(14-17)18-10-11-19(21-20-18)23-12-5-3-4-6-13-23/h7-11,14-15,22H,3-6,12-13H2,1-2H3. The van der Waals surface area contributed by atoms with Crippen LogP contribution in [0.1, 0.15) is 39.5 Å². The van der Waals surface area contributed by atoms with E-state index in [0.29, 0.717) is 5.69 Å². The number of nitrogens with one attached hydrogen (secondary N) is 1. The molecule has 0 radical (unpaired) electrons. The minimum absolute atomic E-state index is 0.487. The van der Waals surface area contributed by atoms with E-state index in [9.17, 15) is 8.42 Å². The van der Waals surface area contributed by atoms with Gasteiger partial charge >= 0.3 is 0 Å². The lowest BCUT2D eigenvalue weighted by Gasteiger charge is -2.20. The van der Waals surface area contributed by atoms with E-state index in [1.54, 1.807) is 26.0 Å². The second kappa shape index (κ2) is 8.03. The van der Waals surface area contributed by atoms with Crippen molar-refractivity contribution in [3.63, 3.8) is 0 Å². The smallest absolute Gasteiger partial charge is 0.235 e. The first-order valence-electron chi connectivity index (χ1n) is 9.16. The fraction of sp³-hybridized carbons (Fsp3) is 0.474. The van der Waals surface area contributed by atoms with Crippen LogP contribution in [-0.4, -0.2) is 37.0 Å². The normalized spacial score (nSPS) is 15.7. The van der Waals surface area contributed by atoms with Crippen molar-refractivity contribution in [2.75, 3.05) is 22.7 Å². The third-order valence-corrected chi connectivity index (χ3v) is 6.38. The molecule has 26 heavy (non-hydrogen) atoms. The average Bonchev–Trinajstić information content (AvgIpc) is 2.91. The Morgan fingerprint density at radius 2 is 1.73 bits per heavy atom. The van der Waals surface area contributed by atoms with Crippen molar-refractivity contribution >= 4 is 21.5 Å². The van der Waals surface area contributed by atoms with Gasteiger partial charge in [0.1, 0.15) is 0 Å². The van der Waals surface area contributed by atoms with Crippen LogP contribution >= 0.6 is 0 Å². The van der Waals surface area contributed by atoms with E-state index >= 15 is 0 Å². The maximum atomic E-state index is 12.1. The molecule has 0 bridgehead atoms. The third-order valence-electron chi connectivity index (χ3n) is 4.62. The fourth-order valence-corrected chi connectivity index (χ4v) is 3.66. The molecule has 6 nitrogen and oxygen atoms in total. The molecule has 1 N–H and O–H groups in total. The van der Waals surface area contributed by atoms with Crippen LogP contribution in [0.4, 0.5) is 11.5 Å². The molecule has 1 fully saturated rings. The second-order valence-electron chi connectivity index (χ2n) is 6.95. The first-order chi connectivity index (χ1) is 12.5. The summed E-state index contributed by atoms with van der Waals surface area (Å²) in [7, 11) is -3.37. The number of sulfonamides is 1. The molecule has 1 aromatic carbocycles. The van der Waals surface area contributed by atoms with Gasteiger partial charge in [-0.15, -0.1) is 10.2 Å². The van der Waals surface area contributed by atoms with Crippen molar-refractivity contribution in [1.29, 1.82) is 0 Å². The lowest BCUT2D eigenvalue weighted by atomic mass is 10.1. The first-order valence-corrected chi connectivity index (χ1v) is 10.7. The van der Waals surface area contributed by atoms with Crippen LogP contribution in [0.2, 0.25) is 0 Å². The number of nitrogens with zero attached hydrogens (tertiary/aromatic N) is 3. The molecule has 1 aliphatic heterocycles. The zero-order chi connectivity index (χ0) is 18.6. The second-order valence-corrected chi connectivity index (χ2v) is 9.19. The summed E-state index contributed by atoms with van der Waals surface area (Å²) in [5.74, 6) is 0.910. The largest absolute Gasteiger partial charge is 0.355 e. The number of hydrogen-bond acceptors (Lipinski definition) is 5. The van der Waals surface area contributed by atoms with Crippen molar-refractivity contribution in [1.82, 2.24) is 10.2 Å². The Morgan fingerprint density at radius 1 is 1.00 bits per heavy atom. The molecule has 1 aromatic heterocycles. The molecular formula is C19H26N4O2S. The summed E-state index contributed by atoms with van der Waals surface area (Å²) >= 11 is 0. The van der Waals surface area contributed by atoms with E-state index in [1.165, 1.54) is 25.7 Å². The predicted molar refractivity (Wildman–Crippen MR) is 106 cm³/mol. The van der Waals surface area contributed by atoms with Crippen LogP contribution in [-0.2, 0) is 10.0 Å². The Hall–Kier alpha value is -2.15. The number of rotatable bonds is 5. The van der Waals surface area contributed by atoms with E-state index in [2.05, 4.69) is 19.8 Å². The highest BCUT2D eigenvalue weighted by molar-refractivity contribution is 7.93. The summed E-state index contributed by atoms with van der Waals surface area (Å²) in [6.45, 7) is 5.36. The predicted octanol–water partition coefficient (Wildman–Crippen LogP) is 3.67. The zero-order valence-electron chi connectivity index (χ0n) is 15.4. The Kier molecular flexibility index (Phi) is 5.76. The van der Waals surface area contributed by atoms with Gasteiger partial charge in [-0.05, 0) is 51.0 Å². The number of aromatic nitrogens is 2. The van der Waals surface area contributed by atoms with Gasteiger partial charge in [-0.3, -0.25) is 4.72 Å². The molecule has 0 unspecified atom stereocenters. The van der Waals surface area contributed by atoms with Crippen molar-refractivity contribution in [3.8, 4) is 11.3 Å². The quantitative estimate of drug-likeness (QED) is 0.864. The summed E-state index contributed by atoms with van der Waals surface area (Å²) in [6.07, 6.45) is 4.95. The highest BCUT2D eigenvalue weighted by atomic mass is 32.2. The van der Waals surface area contributed by atoms with Gasteiger partial charge in [-0.1, -0.05) is 25.0 Å². The van der Waals surface area contributed by atoms with E-state index in [-0.39, 0.29) is 0 Å². The summed E-state index contributed by atoms with van der Waals surface area (Å²) < 4.78 is 26.7. The Labute approximate surface area is 155 Å². The van der Waals surface area contributed by atoms with Crippen LogP contribution in [0.5, 0.6) is 0 Å². The Bertz CT molecular complexity index is 827. The topological polar surface area (TPSA) is 75.2 Å². The van der Waals surface area contributed by atoms with Gasteiger partial charge in [0.25, 0.3) is 0 Å². The molecule has 0 spiro atoms. The number of anilines is 2. The Morgan fingerprint density at radius 3 is 2.35 bits per heavy atom. The highest BCUT2D eigenvalue weighted by Crippen LogP contribution is 2.24. The maximum absolute atomic E-state index is 12.1. The van der Waals surface area contributed by atoms with Gasteiger partial charge in [0.15, 0.2) is 5.82 Å². The minimum Gasteiger partial charge on any atom is -0.355 e. The molecule has 0 atom stereocenters. The van der Waals surface area contributed by atoms with E-state index in [4.69, 9.17) is 0 Å². The molecule has 0 saturated carbocycles. The van der Waals surface area contributed by atoms with Gasteiger partial charge in [0.05, 0.1) is 10.9 Å². The molecule has 1 aliphatic rings. The molecule has 2 aromatic rings. The molecule has 0 amide bonds. The fourth-order valence-electron chi connectivity index (χ4n) is 2.97. The third kappa shape index (κ3) is 4.52. The SMILES string of the molecule is CC(C)S(=O)(=O)Nc1cccc(-c2ccc(N3CCCCCC3)nn2)c1. The lowest BCUT2D eigenvalue weighted by molar-refractivity contribution is 0.593. The van der Waals surface area contributed by atoms with E-state index < -0.39 is 15.3 Å². The molecule has 2 heterocycles. The van der Waals surface area contributed by atoms with Crippen molar-refractivity contribution in [2.45, 2.75) is 44.8 Å². The number of hydrogen-bond donors (Lipinski definition) is 1. The summed E-state index contributed by atoms with van der Waals surface area (Å²) in [5, 5.41) is 8.26. The van der Waals surface area contributed by atoms with Crippen LogP contribution in [0.15, 0.2) is 36.4 Å². The van der Waals surface area contributed by atoms with Gasteiger partial charge in [0, 0.05) is 24.3 Å². The summed E-state index contributed by atoms with van der Waals surface area (Å²) in [5.41, 5.74) is 2.10. The highest BCUT2D eigenvalue weighted by Gasteiger charge is 2.16. The molecule has 3 rings (SSSR count). The van der Waals surface area contributed by atoms with Crippen LogP contribution in [0.3, 0.4) is 0 Å². The Balaban J connectivity index is 1.78. The van der Waals surface area contributed by atoms with Gasteiger partial charge in [-0.2, -0.15) is 0 Å². The molecule has 140 valence electrons. The van der Waals surface area contributed by atoms with Crippen molar-refractivity contribution in [3.05, 3.63) is 36.4 Å². The molecule has 0 aliphatic carbocycles. The van der Waals surface area contributed by atoms with Crippen molar-refractivity contribution < 1.29 is 8.42 Å². The van der Waals surface area contributed by atoms with Crippen LogP contribution in [0, 0.1) is 0 Å².